The lowest BCUT2D eigenvalue weighted by Crippen LogP contribution is -1.97. The largest absolute Gasteiger partial charge is 0.383 e. The SMILES string of the molecule is CSc1ncc(-c2ccc(Cl)cc2)c(N)n1. The monoisotopic (exact) mass is 251 g/mol. The summed E-state index contributed by atoms with van der Waals surface area (Å²) in [6, 6.07) is 7.43. The Morgan fingerprint density at radius 1 is 1.25 bits per heavy atom. The smallest absolute Gasteiger partial charge is 0.189 e. The third-order valence-corrected chi connectivity index (χ3v) is 2.95. The summed E-state index contributed by atoms with van der Waals surface area (Å²) in [5.41, 5.74) is 7.66. The summed E-state index contributed by atoms with van der Waals surface area (Å²) in [5, 5.41) is 1.37. The molecule has 0 radical (unpaired) electrons. The van der Waals surface area contributed by atoms with Crippen LogP contribution in [0, 0.1) is 0 Å². The number of halogens is 1. The van der Waals surface area contributed by atoms with Crippen molar-refractivity contribution in [1.82, 2.24) is 9.97 Å². The van der Waals surface area contributed by atoms with E-state index in [2.05, 4.69) is 9.97 Å². The van der Waals surface area contributed by atoms with Crippen molar-refractivity contribution in [1.29, 1.82) is 0 Å². The lowest BCUT2D eigenvalue weighted by molar-refractivity contribution is 0.982. The number of rotatable bonds is 2. The van der Waals surface area contributed by atoms with Crippen molar-refractivity contribution < 1.29 is 0 Å². The van der Waals surface area contributed by atoms with Crippen LogP contribution in [-0.4, -0.2) is 16.2 Å². The van der Waals surface area contributed by atoms with Crippen LogP contribution in [0.2, 0.25) is 5.02 Å². The molecule has 2 aromatic rings. The molecule has 0 unspecified atom stereocenters. The standard InChI is InChI=1S/C11H10ClN3S/c1-16-11-14-6-9(10(13)15-11)7-2-4-8(12)5-3-7/h2-6H,1H3,(H2,13,14,15). The second-order valence-corrected chi connectivity index (χ2v) is 4.37. The molecule has 1 aromatic heterocycles. The molecule has 5 heteroatoms. The lowest BCUT2D eigenvalue weighted by atomic mass is 10.1. The fraction of sp³-hybridized carbons (Fsp3) is 0.0909. The van der Waals surface area contributed by atoms with Crippen molar-refractivity contribution >= 4 is 29.2 Å². The minimum Gasteiger partial charge on any atom is -0.383 e. The number of anilines is 1. The minimum absolute atomic E-state index is 0.488. The summed E-state index contributed by atoms with van der Waals surface area (Å²) >= 11 is 7.29. The predicted octanol–water partition coefficient (Wildman–Crippen LogP) is 3.10. The van der Waals surface area contributed by atoms with E-state index in [9.17, 15) is 0 Å². The van der Waals surface area contributed by atoms with Gasteiger partial charge in [0, 0.05) is 16.8 Å². The van der Waals surface area contributed by atoms with Crippen LogP contribution in [0.15, 0.2) is 35.6 Å². The molecule has 0 aliphatic heterocycles. The molecule has 2 N–H and O–H groups in total. The van der Waals surface area contributed by atoms with Crippen molar-refractivity contribution in [2.75, 3.05) is 12.0 Å². The van der Waals surface area contributed by atoms with Crippen LogP contribution in [-0.2, 0) is 0 Å². The molecule has 1 aromatic carbocycles. The number of hydrogen-bond donors (Lipinski definition) is 1. The van der Waals surface area contributed by atoms with Gasteiger partial charge in [-0.2, -0.15) is 0 Å². The molecule has 3 nitrogen and oxygen atoms in total. The average molecular weight is 252 g/mol. The zero-order chi connectivity index (χ0) is 11.5. The van der Waals surface area contributed by atoms with Crippen LogP contribution in [0.3, 0.4) is 0 Å². The molecule has 1 heterocycles. The molecule has 16 heavy (non-hydrogen) atoms. The summed E-state index contributed by atoms with van der Waals surface area (Å²) in [6.07, 6.45) is 3.65. The number of nitrogen functional groups attached to an aromatic ring is 1. The number of nitrogens with two attached hydrogens (primary N) is 1. The summed E-state index contributed by atoms with van der Waals surface area (Å²) in [5.74, 6) is 0.488. The number of nitrogens with zero attached hydrogens (tertiary/aromatic N) is 2. The Hall–Kier alpha value is -1.26. The highest BCUT2D eigenvalue weighted by Gasteiger charge is 2.05. The first-order valence-electron chi connectivity index (χ1n) is 4.63. The normalized spacial score (nSPS) is 10.4. The minimum atomic E-state index is 0.488. The van der Waals surface area contributed by atoms with Crippen molar-refractivity contribution in [2.24, 2.45) is 0 Å². The van der Waals surface area contributed by atoms with Crippen LogP contribution < -0.4 is 5.73 Å². The fourth-order valence-electron chi connectivity index (χ4n) is 1.33. The van der Waals surface area contributed by atoms with E-state index in [4.69, 9.17) is 17.3 Å². The van der Waals surface area contributed by atoms with Gasteiger partial charge in [-0.25, -0.2) is 9.97 Å². The highest BCUT2D eigenvalue weighted by atomic mass is 35.5. The van der Waals surface area contributed by atoms with Gasteiger partial charge in [-0.3, -0.25) is 0 Å². The Kier molecular flexibility index (Phi) is 3.31. The molecular weight excluding hydrogens is 242 g/mol. The molecule has 0 amide bonds. The van der Waals surface area contributed by atoms with Gasteiger partial charge in [0.05, 0.1) is 0 Å². The molecular formula is C11H10ClN3S. The van der Waals surface area contributed by atoms with Gasteiger partial charge in [-0.1, -0.05) is 35.5 Å². The van der Waals surface area contributed by atoms with Crippen LogP contribution in [0.4, 0.5) is 5.82 Å². The Balaban J connectivity index is 2.44. The number of thioether (sulfide) groups is 1. The molecule has 0 spiro atoms. The van der Waals surface area contributed by atoms with Gasteiger partial charge in [0.2, 0.25) is 0 Å². The van der Waals surface area contributed by atoms with E-state index in [0.29, 0.717) is 16.0 Å². The lowest BCUT2D eigenvalue weighted by Gasteiger charge is -2.05. The third kappa shape index (κ3) is 2.28. The molecule has 0 atom stereocenters. The summed E-state index contributed by atoms with van der Waals surface area (Å²) in [4.78, 5) is 8.38. The maximum absolute atomic E-state index is 5.87. The zero-order valence-corrected chi connectivity index (χ0v) is 10.2. The number of aromatic nitrogens is 2. The van der Waals surface area contributed by atoms with E-state index in [1.54, 1.807) is 6.20 Å². The van der Waals surface area contributed by atoms with E-state index < -0.39 is 0 Å². The quantitative estimate of drug-likeness (QED) is 0.658. The molecule has 82 valence electrons. The summed E-state index contributed by atoms with van der Waals surface area (Å²) in [7, 11) is 0. The van der Waals surface area contributed by atoms with E-state index in [-0.39, 0.29) is 0 Å². The maximum atomic E-state index is 5.87. The van der Waals surface area contributed by atoms with Crippen molar-refractivity contribution in [2.45, 2.75) is 5.16 Å². The molecule has 0 saturated heterocycles. The first kappa shape index (κ1) is 11.2. The second-order valence-electron chi connectivity index (χ2n) is 3.16. The van der Waals surface area contributed by atoms with Crippen molar-refractivity contribution in [3.05, 3.63) is 35.5 Å². The second kappa shape index (κ2) is 4.72. The molecule has 0 bridgehead atoms. The average Bonchev–Trinajstić information content (AvgIpc) is 2.30. The highest BCUT2D eigenvalue weighted by Crippen LogP contribution is 2.26. The Morgan fingerprint density at radius 3 is 2.50 bits per heavy atom. The first-order valence-corrected chi connectivity index (χ1v) is 6.23. The van der Waals surface area contributed by atoms with Crippen LogP contribution in [0.25, 0.3) is 11.1 Å². The number of hydrogen-bond acceptors (Lipinski definition) is 4. The Bertz CT molecular complexity index is 499. The zero-order valence-electron chi connectivity index (χ0n) is 8.64. The summed E-state index contributed by atoms with van der Waals surface area (Å²) < 4.78 is 0. The van der Waals surface area contributed by atoms with E-state index in [0.717, 1.165) is 11.1 Å². The third-order valence-electron chi connectivity index (χ3n) is 2.13. The van der Waals surface area contributed by atoms with Gasteiger partial charge in [0.1, 0.15) is 5.82 Å². The van der Waals surface area contributed by atoms with Gasteiger partial charge in [0.25, 0.3) is 0 Å². The van der Waals surface area contributed by atoms with E-state index in [1.165, 1.54) is 11.8 Å². The fourth-order valence-corrected chi connectivity index (χ4v) is 1.80. The summed E-state index contributed by atoms with van der Waals surface area (Å²) in [6.45, 7) is 0. The van der Waals surface area contributed by atoms with Crippen molar-refractivity contribution in [3.63, 3.8) is 0 Å². The van der Waals surface area contributed by atoms with Crippen molar-refractivity contribution in [3.8, 4) is 11.1 Å². The van der Waals surface area contributed by atoms with Crippen LogP contribution >= 0.6 is 23.4 Å². The van der Waals surface area contributed by atoms with Crippen LogP contribution in [0.1, 0.15) is 0 Å². The highest BCUT2D eigenvalue weighted by molar-refractivity contribution is 7.98. The first-order chi connectivity index (χ1) is 7.70. The molecule has 2 rings (SSSR count). The Morgan fingerprint density at radius 2 is 1.94 bits per heavy atom. The van der Waals surface area contributed by atoms with E-state index >= 15 is 0 Å². The molecule has 0 fully saturated rings. The van der Waals surface area contributed by atoms with Gasteiger partial charge < -0.3 is 5.73 Å². The molecule has 0 saturated carbocycles. The number of benzene rings is 1. The van der Waals surface area contributed by atoms with Gasteiger partial charge in [-0.05, 0) is 24.0 Å². The maximum Gasteiger partial charge on any atom is 0.189 e. The van der Waals surface area contributed by atoms with E-state index in [1.807, 2.05) is 30.5 Å². The Labute approximate surface area is 103 Å². The van der Waals surface area contributed by atoms with Gasteiger partial charge >= 0.3 is 0 Å². The van der Waals surface area contributed by atoms with Gasteiger partial charge in [0.15, 0.2) is 5.16 Å². The molecule has 0 aliphatic carbocycles. The predicted molar refractivity (Wildman–Crippen MR) is 68.7 cm³/mol. The van der Waals surface area contributed by atoms with Crippen LogP contribution in [0.5, 0.6) is 0 Å². The van der Waals surface area contributed by atoms with Gasteiger partial charge in [-0.15, -0.1) is 0 Å². The molecule has 0 aliphatic rings. The topological polar surface area (TPSA) is 51.8 Å².